The van der Waals surface area contributed by atoms with Gasteiger partial charge in [-0.3, -0.25) is 0 Å². The normalized spacial score (nSPS) is 11.8. The molecule has 0 aromatic heterocycles. The zero-order valence-corrected chi connectivity index (χ0v) is 11.1. The van der Waals surface area contributed by atoms with Crippen molar-refractivity contribution in [3.8, 4) is 5.75 Å². The summed E-state index contributed by atoms with van der Waals surface area (Å²) in [6.07, 6.45) is 0. The molecule has 1 atom stereocenters. The largest absolute Gasteiger partial charge is 0.495 e. The number of aliphatic carboxylic acids is 1. The summed E-state index contributed by atoms with van der Waals surface area (Å²) in [5.41, 5.74) is -0.217. The van der Waals surface area contributed by atoms with Crippen LogP contribution in [0.2, 0.25) is 0 Å². The molecule has 21 heavy (non-hydrogen) atoms. The molecule has 0 aliphatic rings. The van der Waals surface area contributed by atoms with E-state index in [-0.39, 0.29) is 0 Å². The second-order valence-electron chi connectivity index (χ2n) is 4.25. The predicted molar refractivity (Wildman–Crippen MR) is 73.4 cm³/mol. The van der Waals surface area contributed by atoms with Gasteiger partial charge in [0.15, 0.2) is 6.04 Å². The van der Waals surface area contributed by atoms with Crippen molar-refractivity contribution in [2.75, 3.05) is 12.4 Å². The van der Waals surface area contributed by atoms with Crippen LogP contribution in [-0.4, -0.2) is 18.2 Å². The van der Waals surface area contributed by atoms with Crippen LogP contribution >= 0.6 is 0 Å². The van der Waals surface area contributed by atoms with Gasteiger partial charge in [0, 0.05) is 0 Å². The highest BCUT2D eigenvalue weighted by molar-refractivity contribution is 5.80. The Morgan fingerprint density at radius 1 is 1.14 bits per heavy atom. The van der Waals surface area contributed by atoms with Crippen LogP contribution in [0, 0.1) is 11.6 Å². The number of carboxylic acids is 1. The van der Waals surface area contributed by atoms with E-state index in [0.717, 1.165) is 12.1 Å². The Labute approximate surface area is 120 Å². The highest BCUT2D eigenvalue weighted by Crippen LogP contribution is 2.30. The molecule has 0 fully saturated rings. The van der Waals surface area contributed by atoms with Gasteiger partial charge in [0.1, 0.15) is 17.4 Å². The first-order chi connectivity index (χ1) is 10.0. The van der Waals surface area contributed by atoms with Gasteiger partial charge in [0.2, 0.25) is 0 Å². The van der Waals surface area contributed by atoms with Crippen LogP contribution in [0.4, 0.5) is 14.5 Å². The molecule has 0 saturated carbocycles. The minimum Gasteiger partial charge on any atom is -0.495 e. The lowest BCUT2D eigenvalue weighted by atomic mass is 10.0. The highest BCUT2D eigenvalue weighted by atomic mass is 19.1. The molecule has 0 saturated heterocycles. The molecule has 4 nitrogen and oxygen atoms in total. The van der Waals surface area contributed by atoms with Crippen molar-refractivity contribution >= 4 is 11.7 Å². The summed E-state index contributed by atoms with van der Waals surface area (Å²) in [7, 11) is 1.42. The average molecular weight is 293 g/mol. The molecule has 0 aliphatic carbocycles. The maximum atomic E-state index is 13.8. The number of nitrogens with one attached hydrogen (secondary N) is 1. The number of methoxy groups -OCH3 is 1. The Kier molecular flexibility index (Phi) is 4.37. The van der Waals surface area contributed by atoms with E-state index in [1.807, 2.05) is 0 Å². The van der Waals surface area contributed by atoms with Crippen LogP contribution in [0.15, 0.2) is 42.5 Å². The van der Waals surface area contributed by atoms with E-state index in [1.165, 1.54) is 13.2 Å². The van der Waals surface area contributed by atoms with Crippen molar-refractivity contribution in [1.82, 2.24) is 0 Å². The van der Waals surface area contributed by atoms with Crippen molar-refractivity contribution in [3.63, 3.8) is 0 Å². The zero-order valence-electron chi connectivity index (χ0n) is 11.1. The molecule has 2 rings (SSSR count). The van der Waals surface area contributed by atoms with E-state index in [2.05, 4.69) is 5.32 Å². The monoisotopic (exact) mass is 293 g/mol. The summed E-state index contributed by atoms with van der Waals surface area (Å²) in [6, 6.07) is 8.16. The number of ether oxygens (including phenoxy) is 1. The molecule has 0 spiro atoms. The van der Waals surface area contributed by atoms with Gasteiger partial charge in [-0.05, 0) is 24.3 Å². The third kappa shape index (κ3) is 3.10. The fraction of sp³-hybridized carbons (Fsp3) is 0.133. The first kappa shape index (κ1) is 14.8. The number of halogens is 2. The maximum Gasteiger partial charge on any atom is 0.331 e. The SMILES string of the molecule is COc1ccccc1NC(C(=O)O)c1c(F)cccc1F. The molecule has 0 radical (unpaired) electrons. The topological polar surface area (TPSA) is 58.6 Å². The van der Waals surface area contributed by atoms with Gasteiger partial charge < -0.3 is 15.2 Å². The van der Waals surface area contributed by atoms with Gasteiger partial charge in [-0.2, -0.15) is 0 Å². The Bertz CT molecular complexity index is 641. The second-order valence-corrected chi connectivity index (χ2v) is 4.25. The fourth-order valence-electron chi connectivity index (χ4n) is 1.96. The molecule has 0 aliphatic heterocycles. The van der Waals surface area contributed by atoms with Crippen molar-refractivity contribution < 1.29 is 23.4 Å². The fourth-order valence-corrected chi connectivity index (χ4v) is 1.96. The molecule has 2 N–H and O–H groups in total. The van der Waals surface area contributed by atoms with E-state index in [9.17, 15) is 18.7 Å². The zero-order chi connectivity index (χ0) is 15.4. The molecular formula is C15H13F2NO3. The van der Waals surface area contributed by atoms with E-state index < -0.39 is 29.2 Å². The summed E-state index contributed by atoms with van der Waals surface area (Å²) in [5.74, 6) is -2.88. The van der Waals surface area contributed by atoms with Crippen molar-refractivity contribution in [2.45, 2.75) is 6.04 Å². The molecule has 0 bridgehead atoms. The molecule has 0 heterocycles. The number of rotatable bonds is 5. The number of carbonyl (C=O) groups is 1. The van der Waals surface area contributed by atoms with Crippen LogP contribution < -0.4 is 10.1 Å². The Morgan fingerprint density at radius 3 is 2.33 bits per heavy atom. The standard InChI is InChI=1S/C15H13F2NO3/c1-21-12-8-3-2-7-11(12)18-14(15(19)20)13-9(16)5-4-6-10(13)17/h2-8,14,18H,1H3,(H,19,20). The lowest BCUT2D eigenvalue weighted by molar-refractivity contribution is -0.138. The maximum absolute atomic E-state index is 13.8. The Balaban J connectivity index is 2.43. The van der Waals surface area contributed by atoms with Crippen molar-refractivity contribution in [1.29, 1.82) is 0 Å². The molecule has 1 unspecified atom stereocenters. The molecule has 2 aromatic carbocycles. The molecule has 0 amide bonds. The summed E-state index contributed by atoms with van der Waals surface area (Å²) in [5, 5.41) is 11.9. The third-order valence-electron chi connectivity index (χ3n) is 2.94. The quantitative estimate of drug-likeness (QED) is 0.888. The van der Waals surface area contributed by atoms with Crippen molar-refractivity contribution in [2.24, 2.45) is 0 Å². The van der Waals surface area contributed by atoms with E-state index in [0.29, 0.717) is 11.4 Å². The van der Waals surface area contributed by atoms with Gasteiger partial charge in [0.25, 0.3) is 0 Å². The predicted octanol–water partition coefficient (Wildman–Crippen LogP) is 3.21. The van der Waals surface area contributed by atoms with Crippen LogP contribution in [0.25, 0.3) is 0 Å². The van der Waals surface area contributed by atoms with Gasteiger partial charge in [-0.15, -0.1) is 0 Å². The Morgan fingerprint density at radius 2 is 1.76 bits per heavy atom. The second kappa shape index (κ2) is 6.21. The number of benzene rings is 2. The van der Waals surface area contributed by atoms with E-state index >= 15 is 0 Å². The van der Waals surface area contributed by atoms with Crippen molar-refractivity contribution in [3.05, 3.63) is 59.7 Å². The lowest BCUT2D eigenvalue weighted by Crippen LogP contribution is -2.23. The summed E-state index contributed by atoms with van der Waals surface area (Å²) in [6.45, 7) is 0. The molecule has 6 heteroatoms. The molecule has 2 aromatic rings. The minimum absolute atomic E-state index is 0.329. The first-order valence-electron chi connectivity index (χ1n) is 6.11. The molecule has 110 valence electrons. The minimum atomic E-state index is -1.57. The van der Waals surface area contributed by atoms with Crippen LogP contribution in [-0.2, 0) is 4.79 Å². The van der Waals surface area contributed by atoms with Crippen LogP contribution in [0.3, 0.4) is 0 Å². The van der Waals surface area contributed by atoms with Crippen LogP contribution in [0.5, 0.6) is 5.75 Å². The summed E-state index contributed by atoms with van der Waals surface area (Å²) < 4.78 is 32.6. The van der Waals surface area contributed by atoms with E-state index in [1.54, 1.807) is 24.3 Å². The Hall–Kier alpha value is -2.63. The third-order valence-corrected chi connectivity index (χ3v) is 2.94. The highest BCUT2D eigenvalue weighted by Gasteiger charge is 2.27. The number of hydrogen-bond donors (Lipinski definition) is 2. The van der Waals surface area contributed by atoms with Gasteiger partial charge >= 0.3 is 5.97 Å². The molecular weight excluding hydrogens is 280 g/mol. The van der Waals surface area contributed by atoms with Gasteiger partial charge in [-0.25, -0.2) is 13.6 Å². The van der Waals surface area contributed by atoms with E-state index in [4.69, 9.17) is 4.74 Å². The number of carboxylic acid groups (broad SMARTS) is 1. The number of anilines is 1. The number of para-hydroxylation sites is 2. The lowest BCUT2D eigenvalue weighted by Gasteiger charge is -2.19. The summed E-state index contributed by atoms with van der Waals surface area (Å²) >= 11 is 0. The first-order valence-corrected chi connectivity index (χ1v) is 6.11. The van der Waals surface area contributed by atoms with Crippen LogP contribution in [0.1, 0.15) is 11.6 Å². The summed E-state index contributed by atoms with van der Waals surface area (Å²) in [4.78, 5) is 11.4. The number of hydrogen-bond acceptors (Lipinski definition) is 3. The average Bonchev–Trinajstić information content (AvgIpc) is 2.46. The van der Waals surface area contributed by atoms with Gasteiger partial charge in [0.05, 0.1) is 18.4 Å². The van der Waals surface area contributed by atoms with Gasteiger partial charge in [-0.1, -0.05) is 18.2 Å². The smallest absolute Gasteiger partial charge is 0.331 e.